The minimum absolute atomic E-state index is 0.0670. The average molecular weight is 273 g/mol. The van der Waals surface area contributed by atoms with Crippen LogP contribution in [0.5, 0.6) is 0 Å². The molecule has 0 spiro atoms. The van der Waals surface area contributed by atoms with E-state index in [1.54, 1.807) is 24.3 Å². The van der Waals surface area contributed by atoms with E-state index in [2.05, 4.69) is 0 Å². The number of aryl methyl sites for hydroxylation is 1. The molecule has 1 heterocycles. The van der Waals surface area contributed by atoms with Crippen molar-refractivity contribution < 1.29 is 14.1 Å². The SMILES string of the molecule is Cc1ccc(C(=O)CC(C[N+](=O)[O-])c2ccco2)cc1. The normalized spacial score (nSPS) is 12.1. The number of furan rings is 1. The first-order valence-corrected chi connectivity index (χ1v) is 6.31. The zero-order chi connectivity index (χ0) is 14.5. The Morgan fingerprint density at radius 1 is 1.30 bits per heavy atom. The summed E-state index contributed by atoms with van der Waals surface area (Å²) in [4.78, 5) is 22.5. The van der Waals surface area contributed by atoms with Gasteiger partial charge in [-0.25, -0.2) is 0 Å². The van der Waals surface area contributed by atoms with Crippen LogP contribution < -0.4 is 0 Å². The maximum Gasteiger partial charge on any atom is 0.214 e. The van der Waals surface area contributed by atoms with Crippen molar-refractivity contribution >= 4 is 5.78 Å². The predicted octanol–water partition coefficient (Wildman–Crippen LogP) is 3.22. The van der Waals surface area contributed by atoms with E-state index in [9.17, 15) is 14.9 Å². The third kappa shape index (κ3) is 3.54. The number of nitro groups is 1. The molecule has 0 N–H and O–H groups in total. The third-order valence-corrected chi connectivity index (χ3v) is 3.12. The molecule has 1 unspecified atom stereocenters. The molecule has 0 saturated heterocycles. The predicted molar refractivity (Wildman–Crippen MR) is 73.4 cm³/mol. The fraction of sp³-hybridized carbons (Fsp3) is 0.267. The second kappa shape index (κ2) is 6.14. The van der Waals surface area contributed by atoms with Crippen LogP contribution in [0, 0.1) is 17.0 Å². The number of benzene rings is 1. The van der Waals surface area contributed by atoms with Crippen LogP contribution in [-0.2, 0) is 0 Å². The quantitative estimate of drug-likeness (QED) is 0.460. The van der Waals surface area contributed by atoms with Gasteiger partial charge in [-0.3, -0.25) is 14.9 Å². The molecule has 0 radical (unpaired) electrons. The summed E-state index contributed by atoms with van der Waals surface area (Å²) in [7, 11) is 0. The molecule has 2 aromatic rings. The average Bonchev–Trinajstić information content (AvgIpc) is 2.92. The van der Waals surface area contributed by atoms with Gasteiger partial charge in [0.2, 0.25) is 6.54 Å². The number of carbonyl (C=O) groups is 1. The summed E-state index contributed by atoms with van der Waals surface area (Å²) in [6.07, 6.45) is 1.52. The molecular formula is C15H15NO4. The van der Waals surface area contributed by atoms with E-state index in [0.29, 0.717) is 11.3 Å². The highest BCUT2D eigenvalue weighted by atomic mass is 16.6. The Morgan fingerprint density at radius 3 is 2.55 bits per heavy atom. The van der Waals surface area contributed by atoms with E-state index in [1.165, 1.54) is 6.26 Å². The minimum atomic E-state index is -0.534. The molecule has 20 heavy (non-hydrogen) atoms. The van der Waals surface area contributed by atoms with Crippen LogP contribution in [0.25, 0.3) is 0 Å². The van der Waals surface area contributed by atoms with Crippen LogP contribution in [0.4, 0.5) is 0 Å². The number of nitrogens with zero attached hydrogens (tertiary/aromatic N) is 1. The first kappa shape index (κ1) is 14.0. The lowest BCUT2D eigenvalue weighted by Crippen LogP contribution is -2.16. The highest BCUT2D eigenvalue weighted by Gasteiger charge is 2.24. The van der Waals surface area contributed by atoms with Gasteiger partial charge in [-0.2, -0.15) is 0 Å². The van der Waals surface area contributed by atoms with Gasteiger partial charge in [0.1, 0.15) is 5.76 Å². The van der Waals surface area contributed by atoms with Crippen LogP contribution in [0.2, 0.25) is 0 Å². The largest absolute Gasteiger partial charge is 0.469 e. The standard InChI is InChI=1S/C15H15NO4/c1-11-4-6-12(7-5-11)14(17)9-13(10-16(18)19)15-3-2-8-20-15/h2-8,13H,9-10H2,1H3. The molecule has 1 atom stereocenters. The van der Waals surface area contributed by atoms with Gasteiger partial charge in [-0.05, 0) is 19.1 Å². The number of hydrogen-bond donors (Lipinski definition) is 0. The van der Waals surface area contributed by atoms with Crippen molar-refractivity contribution in [3.63, 3.8) is 0 Å². The molecule has 0 bridgehead atoms. The molecule has 104 valence electrons. The van der Waals surface area contributed by atoms with Crippen LogP contribution in [0.15, 0.2) is 47.1 Å². The molecule has 0 aliphatic rings. The van der Waals surface area contributed by atoms with Gasteiger partial charge in [0.15, 0.2) is 5.78 Å². The molecule has 2 rings (SSSR count). The van der Waals surface area contributed by atoms with Crippen molar-refractivity contribution in [2.75, 3.05) is 6.54 Å². The lowest BCUT2D eigenvalue weighted by molar-refractivity contribution is -0.483. The van der Waals surface area contributed by atoms with Gasteiger partial charge in [0.25, 0.3) is 0 Å². The minimum Gasteiger partial charge on any atom is -0.469 e. The third-order valence-electron chi connectivity index (χ3n) is 3.12. The number of ketones is 1. The van der Waals surface area contributed by atoms with Crippen molar-refractivity contribution in [3.8, 4) is 0 Å². The monoisotopic (exact) mass is 273 g/mol. The second-order valence-electron chi connectivity index (χ2n) is 4.72. The van der Waals surface area contributed by atoms with Crippen molar-refractivity contribution in [1.29, 1.82) is 0 Å². The highest BCUT2D eigenvalue weighted by Crippen LogP contribution is 2.22. The van der Waals surface area contributed by atoms with Crippen LogP contribution >= 0.6 is 0 Å². The summed E-state index contributed by atoms with van der Waals surface area (Å²) in [6.45, 7) is 1.62. The van der Waals surface area contributed by atoms with Crippen LogP contribution in [0.1, 0.15) is 34.0 Å². The Morgan fingerprint density at radius 2 is 2.00 bits per heavy atom. The molecule has 0 saturated carbocycles. The highest BCUT2D eigenvalue weighted by molar-refractivity contribution is 5.96. The Labute approximate surface area is 116 Å². The van der Waals surface area contributed by atoms with E-state index in [4.69, 9.17) is 4.42 Å². The van der Waals surface area contributed by atoms with Gasteiger partial charge < -0.3 is 4.42 Å². The summed E-state index contributed by atoms with van der Waals surface area (Å²) < 4.78 is 5.20. The molecular weight excluding hydrogens is 258 g/mol. The summed E-state index contributed by atoms with van der Waals surface area (Å²) >= 11 is 0. The summed E-state index contributed by atoms with van der Waals surface area (Å²) in [5.41, 5.74) is 1.63. The van der Waals surface area contributed by atoms with E-state index >= 15 is 0 Å². The lowest BCUT2D eigenvalue weighted by atomic mass is 9.96. The fourth-order valence-corrected chi connectivity index (χ4v) is 2.04. The van der Waals surface area contributed by atoms with Gasteiger partial charge in [-0.1, -0.05) is 29.8 Å². The first-order chi connectivity index (χ1) is 9.56. The Kier molecular flexibility index (Phi) is 4.30. The van der Waals surface area contributed by atoms with Crippen LogP contribution in [0.3, 0.4) is 0 Å². The van der Waals surface area contributed by atoms with Gasteiger partial charge in [0.05, 0.1) is 12.2 Å². The van der Waals surface area contributed by atoms with E-state index in [1.807, 2.05) is 19.1 Å². The molecule has 0 aliphatic heterocycles. The number of hydrogen-bond acceptors (Lipinski definition) is 4. The Hall–Kier alpha value is -2.43. The Bertz CT molecular complexity index is 587. The van der Waals surface area contributed by atoms with Gasteiger partial charge in [0, 0.05) is 16.9 Å². The topological polar surface area (TPSA) is 73.3 Å². The van der Waals surface area contributed by atoms with Crippen LogP contribution in [-0.4, -0.2) is 17.3 Å². The zero-order valence-corrected chi connectivity index (χ0v) is 11.1. The summed E-state index contributed by atoms with van der Waals surface area (Å²) in [5, 5.41) is 10.7. The maximum absolute atomic E-state index is 12.2. The van der Waals surface area contributed by atoms with E-state index in [0.717, 1.165) is 5.56 Å². The lowest BCUT2D eigenvalue weighted by Gasteiger charge is -2.09. The molecule has 5 heteroatoms. The fourth-order valence-electron chi connectivity index (χ4n) is 2.04. The molecule has 0 aliphatic carbocycles. The second-order valence-corrected chi connectivity index (χ2v) is 4.72. The maximum atomic E-state index is 12.2. The molecule has 1 aromatic heterocycles. The van der Waals surface area contributed by atoms with Crippen molar-refractivity contribution in [3.05, 3.63) is 69.7 Å². The zero-order valence-electron chi connectivity index (χ0n) is 11.1. The smallest absolute Gasteiger partial charge is 0.214 e. The van der Waals surface area contributed by atoms with Gasteiger partial charge >= 0.3 is 0 Å². The van der Waals surface area contributed by atoms with Gasteiger partial charge in [-0.15, -0.1) is 0 Å². The Balaban J connectivity index is 2.13. The number of rotatable bonds is 6. The molecule has 0 fully saturated rings. The number of carbonyl (C=O) groups excluding carboxylic acids is 1. The summed E-state index contributed by atoms with van der Waals surface area (Å²) in [5.74, 6) is -0.177. The molecule has 0 amide bonds. The first-order valence-electron chi connectivity index (χ1n) is 6.31. The van der Waals surface area contributed by atoms with Crippen molar-refractivity contribution in [2.24, 2.45) is 0 Å². The number of Topliss-reactive ketones (excluding diaryl/α,β-unsaturated/α-hetero) is 1. The molecule has 1 aromatic carbocycles. The summed E-state index contributed by atoms with van der Waals surface area (Å²) in [6, 6.07) is 10.5. The van der Waals surface area contributed by atoms with Crippen molar-refractivity contribution in [2.45, 2.75) is 19.3 Å². The van der Waals surface area contributed by atoms with E-state index in [-0.39, 0.29) is 18.7 Å². The molecule has 5 nitrogen and oxygen atoms in total. The van der Waals surface area contributed by atoms with E-state index < -0.39 is 10.8 Å². The van der Waals surface area contributed by atoms with Crippen molar-refractivity contribution in [1.82, 2.24) is 0 Å².